The van der Waals surface area contributed by atoms with Crippen LogP contribution in [-0.2, 0) is 4.79 Å². The van der Waals surface area contributed by atoms with Gasteiger partial charge in [0, 0.05) is 34.0 Å². The van der Waals surface area contributed by atoms with Crippen molar-refractivity contribution in [2.75, 3.05) is 11.1 Å². The first kappa shape index (κ1) is 22.6. The Hall–Kier alpha value is -3.59. The number of aromatic nitrogens is 1. The second kappa shape index (κ2) is 10.8. The van der Waals surface area contributed by atoms with Gasteiger partial charge in [-0.3, -0.25) is 4.79 Å². The predicted molar refractivity (Wildman–Crippen MR) is 135 cm³/mol. The molecule has 0 atom stereocenters. The van der Waals surface area contributed by atoms with Crippen molar-refractivity contribution in [1.82, 2.24) is 4.98 Å². The standard InChI is InChI=1S/C27H20ClN3OS/c28-21-12-7-13-22(16-21)30-26(32)14-15-33-27-24(18-29)23(19-8-3-1-4-9-19)17-25(31-27)20-10-5-2-6-11-20/h1-13,16-17H,14-15H2,(H,30,32). The van der Waals surface area contributed by atoms with Gasteiger partial charge in [0.2, 0.25) is 5.91 Å². The lowest BCUT2D eigenvalue weighted by Gasteiger charge is -2.12. The fraction of sp³-hybridized carbons (Fsp3) is 0.0741. The van der Waals surface area contributed by atoms with Crippen LogP contribution in [0, 0.1) is 11.3 Å². The van der Waals surface area contributed by atoms with Crippen molar-refractivity contribution in [3.8, 4) is 28.5 Å². The van der Waals surface area contributed by atoms with Gasteiger partial charge < -0.3 is 5.32 Å². The van der Waals surface area contributed by atoms with Crippen LogP contribution in [0.15, 0.2) is 96.0 Å². The number of halogens is 1. The number of benzene rings is 3. The molecule has 0 aliphatic carbocycles. The topological polar surface area (TPSA) is 65.8 Å². The summed E-state index contributed by atoms with van der Waals surface area (Å²) >= 11 is 7.39. The van der Waals surface area contributed by atoms with Crippen molar-refractivity contribution in [3.05, 3.63) is 102 Å². The van der Waals surface area contributed by atoms with Crippen LogP contribution in [0.3, 0.4) is 0 Å². The predicted octanol–water partition coefficient (Wildman–Crippen LogP) is 7.06. The Balaban J connectivity index is 1.58. The molecular weight excluding hydrogens is 450 g/mol. The first-order valence-corrected chi connectivity index (χ1v) is 11.7. The molecule has 1 amide bonds. The second-order valence-electron chi connectivity index (χ2n) is 7.24. The molecule has 1 aromatic heterocycles. The summed E-state index contributed by atoms with van der Waals surface area (Å²) in [7, 11) is 0. The minimum absolute atomic E-state index is 0.120. The Bertz CT molecular complexity index is 1300. The van der Waals surface area contributed by atoms with Crippen LogP contribution < -0.4 is 5.32 Å². The lowest BCUT2D eigenvalue weighted by Crippen LogP contribution is -2.12. The molecule has 4 aromatic rings. The Morgan fingerprint density at radius 3 is 2.30 bits per heavy atom. The number of anilines is 1. The van der Waals surface area contributed by atoms with E-state index in [4.69, 9.17) is 16.6 Å². The third-order valence-electron chi connectivity index (χ3n) is 4.93. The number of carbonyl (C=O) groups is 1. The number of hydrogen-bond acceptors (Lipinski definition) is 4. The molecule has 0 bridgehead atoms. The van der Waals surface area contributed by atoms with Gasteiger partial charge in [0.25, 0.3) is 0 Å². The first-order chi connectivity index (χ1) is 16.1. The van der Waals surface area contributed by atoms with Gasteiger partial charge in [-0.2, -0.15) is 5.26 Å². The Morgan fingerprint density at radius 1 is 0.939 bits per heavy atom. The summed E-state index contributed by atoms with van der Waals surface area (Å²) in [5.41, 5.74) is 4.72. The van der Waals surface area contributed by atoms with E-state index in [-0.39, 0.29) is 12.3 Å². The van der Waals surface area contributed by atoms with E-state index in [1.807, 2.05) is 66.7 Å². The van der Waals surface area contributed by atoms with E-state index in [1.54, 1.807) is 24.3 Å². The maximum absolute atomic E-state index is 12.4. The molecule has 1 N–H and O–H groups in total. The highest BCUT2D eigenvalue weighted by Crippen LogP contribution is 2.34. The molecule has 33 heavy (non-hydrogen) atoms. The molecule has 0 spiro atoms. The van der Waals surface area contributed by atoms with Crippen LogP contribution in [-0.4, -0.2) is 16.6 Å². The summed E-state index contributed by atoms with van der Waals surface area (Å²) in [4.78, 5) is 17.2. The molecule has 0 saturated carbocycles. The van der Waals surface area contributed by atoms with E-state index in [0.29, 0.717) is 27.1 Å². The lowest BCUT2D eigenvalue weighted by atomic mass is 9.99. The van der Waals surface area contributed by atoms with Crippen molar-refractivity contribution >= 4 is 35.0 Å². The molecule has 3 aromatic carbocycles. The number of amides is 1. The van der Waals surface area contributed by atoms with Gasteiger partial charge >= 0.3 is 0 Å². The van der Waals surface area contributed by atoms with Crippen LogP contribution in [0.5, 0.6) is 0 Å². The van der Waals surface area contributed by atoms with Gasteiger partial charge in [-0.15, -0.1) is 11.8 Å². The highest BCUT2D eigenvalue weighted by atomic mass is 35.5. The molecule has 4 nitrogen and oxygen atoms in total. The number of carbonyl (C=O) groups excluding carboxylic acids is 1. The average Bonchev–Trinajstić information content (AvgIpc) is 2.84. The van der Waals surface area contributed by atoms with Gasteiger partial charge in [-0.25, -0.2) is 4.98 Å². The normalized spacial score (nSPS) is 10.4. The molecule has 1 heterocycles. The summed E-state index contributed by atoms with van der Waals surface area (Å²) in [5, 5.41) is 14.0. The van der Waals surface area contributed by atoms with Gasteiger partial charge in [-0.1, -0.05) is 78.3 Å². The number of pyridine rings is 1. The van der Waals surface area contributed by atoms with Crippen molar-refractivity contribution < 1.29 is 4.79 Å². The molecule has 0 unspecified atom stereocenters. The number of nitrogens with one attached hydrogen (secondary N) is 1. The van der Waals surface area contributed by atoms with Crippen LogP contribution in [0.4, 0.5) is 5.69 Å². The zero-order chi connectivity index (χ0) is 23.0. The van der Waals surface area contributed by atoms with Crippen LogP contribution >= 0.6 is 23.4 Å². The third kappa shape index (κ3) is 5.81. The van der Waals surface area contributed by atoms with E-state index >= 15 is 0 Å². The van der Waals surface area contributed by atoms with E-state index in [2.05, 4.69) is 11.4 Å². The summed E-state index contributed by atoms with van der Waals surface area (Å²) in [5.74, 6) is 0.367. The smallest absolute Gasteiger partial charge is 0.225 e. The lowest BCUT2D eigenvalue weighted by molar-refractivity contribution is -0.115. The first-order valence-electron chi connectivity index (χ1n) is 10.4. The molecule has 0 aliphatic rings. The average molecular weight is 470 g/mol. The zero-order valence-corrected chi connectivity index (χ0v) is 19.2. The number of hydrogen-bond donors (Lipinski definition) is 1. The van der Waals surface area contributed by atoms with Gasteiger partial charge in [-0.05, 0) is 29.8 Å². The zero-order valence-electron chi connectivity index (χ0n) is 17.7. The number of nitriles is 1. The van der Waals surface area contributed by atoms with Crippen molar-refractivity contribution in [3.63, 3.8) is 0 Å². The molecule has 4 rings (SSSR count). The highest BCUT2D eigenvalue weighted by Gasteiger charge is 2.16. The number of nitrogens with zero attached hydrogens (tertiary/aromatic N) is 2. The minimum Gasteiger partial charge on any atom is -0.326 e. The summed E-state index contributed by atoms with van der Waals surface area (Å²) < 4.78 is 0. The number of rotatable bonds is 7. The molecule has 6 heteroatoms. The van der Waals surface area contributed by atoms with Crippen LogP contribution in [0.2, 0.25) is 5.02 Å². The number of thioether (sulfide) groups is 1. The van der Waals surface area contributed by atoms with E-state index in [9.17, 15) is 10.1 Å². The maximum Gasteiger partial charge on any atom is 0.225 e. The third-order valence-corrected chi connectivity index (χ3v) is 6.14. The highest BCUT2D eigenvalue weighted by molar-refractivity contribution is 7.99. The van der Waals surface area contributed by atoms with Crippen LogP contribution in [0.25, 0.3) is 22.4 Å². The minimum atomic E-state index is -0.120. The monoisotopic (exact) mass is 469 g/mol. The summed E-state index contributed by atoms with van der Waals surface area (Å²) in [6.07, 6.45) is 0.278. The Morgan fingerprint density at radius 2 is 1.64 bits per heavy atom. The Kier molecular flexibility index (Phi) is 7.41. The summed E-state index contributed by atoms with van der Waals surface area (Å²) in [6, 6.07) is 31.0. The van der Waals surface area contributed by atoms with Gasteiger partial charge in [0.15, 0.2) is 0 Å². The van der Waals surface area contributed by atoms with Crippen molar-refractivity contribution in [1.29, 1.82) is 5.26 Å². The van der Waals surface area contributed by atoms with E-state index in [0.717, 1.165) is 22.4 Å². The largest absolute Gasteiger partial charge is 0.326 e. The Labute approximate surface area is 202 Å². The van der Waals surface area contributed by atoms with Crippen molar-refractivity contribution in [2.45, 2.75) is 11.4 Å². The molecule has 0 radical (unpaired) electrons. The van der Waals surface area contributed by atoms with E-state index in [1.165, 1.54) is 11.8 Å². The SMILES string of the molecule is N#Cc1c(-c2ccccc2)cc(-c2ccccc2)nc1SCCC(=O)Nc1cccc(Cl)c1. The molecule has 0 saturated heterocycles. The van der Waals surface area contributed by atoms with Crippen molar-refractivity contribution in [2.24, 2.45) is 0 Å². The molecule has 162 valence electrons. The van der Waals surface area contributed by atoms with E-state index < -0.39 is 0 Å². The fourth-order valence-corrected chi connectivity index (χ4v) is 4.50. The second-order valence-corrected chi connectivity index (χ2v) is 8.76. The van der Waals surface area contributed by atoms with Gasteiger partial charge in [0.1, 0.15) is 11.1 Å². The van der Waals surface area contributed by atoms with Gasteiger partial charge in [0.05, 0.1) is 11.3 Å². The molecule has 0 aliphatic heterocycles. The fourth-order valence-electron chi connectivity index (χ4n) is 3.37. The summed E-state index contributed by atoms with van der Waals surface area (Å²) in [6.45, 7) is 0. The molecular formula is C27H20ClN3OS. The quantitative estimate of drug-likeness (QED) is 0.294. The molecule has 0 fully saturated rings. The maximum atomic E-state index is 12.4. The van der Waals surface area contributed by atoms with Crippen LogP contribution in [0.1, 0.15) is 12.0 Å².